The van der Waals surface area contributed by atoms with Gasteiger partial charge in [-0.1, -0.05) is 18.2 Å². The molecule has 0 radical (unpaired) electrons. The summed E-state index contributed by atoms with van der Waals surface area (Å²) >= 11 is 0. The molecular weight excluding hydrogens is 370 g/mol. The zero-order chi connectivity index (χ0) is 20.8. The second-order valence-corrected chi connectivity index (χ2v) is 5.78. The molecule has 0 bridgehead atoms. The molecule has 0 saturated carbocycles. The number of ether oxygens (including phenoxy) is 2. The standard InChI is InChI=1S/C17H23NO4.C2H2O4/c1-18(9-11-22-16-6-3-2-4-7-16)12-15(19)13-20-14-17-8-5-10-21-17;3-1(4)2(5)6/h2-8,10,15,19H,9,11-14H2,1H3;(H,3,4)(H,5,6). The van der Waals surface area contributed by atoms with Gasteiger partial charge in [-0.25, -0.2) is 9.59 Å². The normalized spacial score (nSPS) is 11.4. The molecule has 2 rings (SSSR count). The second kappa shape index (κ2) is 13.3. The third-order valence-electron chi connectivity index (χ3n) is 3.32. The van der Waals surface area contributed by atoms with Crippen molar-refractivity contribution < 1.29 is 38.8 Å². The number of para-hydroxylation sites is 1. The predicted octanol–water partition coefficient (Wildman–Crippen LogP) is 1.32. The number of nitrogens with zero attached hydrogens (tertiary/aromatic N) is 1. The van der Waals surface area contributed by atoms with Crippen LogP contribution in [0.5, 0.6) is 5.75 Å². The topological polar surface area (TPSA) is 130 Å². The molecule has 0 amide bonds. The Kier molecular flexibility index (Phi) is 11.0. The van der Waals surface area contributed by atoms with Crippen LogP contribution in [0, 0.1) is 0 Å². The summed E-state index contributed by atoms with van der Waals surface area (Å²) in [5.74, 6) is -2.03. The summed E-state index contributed by atoms with van der Waals surface area (Å²) in [5, 5.41) is 24.7. The van der Waals surface area contributed by atoms with Crippen LogP contribution in [0.1, 0.15) is 5.76 Å². The van der Waals surface area contributed by atoms with Crippen molar-refractivity contribution in [2.24, 2.45) is 0 Å². The second-order valence-electron chi connectivity index (χ2n) is 5.78. The van der Waals surface area contributed by atoms with Gasteiger partial charge in [0.1, 0.15) is 24.7 Å². The molecule has 0 spiro atoms. The Morgan fingerprint density at radius 3 is 2.36 bits per heavy atom. The highest BCUT2D eigenvalue weighted by molar-refractivity contribution is 6.27. The van der Waals surface area contributed by atoms with Crippen molar-refractivity contribution in [1.29, 1.82) is 0 Å². The van der Waals surface area contributed by atoms with E-state index < -0.39 is 18.0 Å². The predicted molar refractivity (Wildman–Crippen MR) is 99.1 cm³/mol. The van der Waals surface area contributed by atoms with Gasteiger partial charge < -0.3 is 34.1 Å². The Hall–Kier alpha value is -2.88. The van der Waals surface area contributed by atoms with Crippen LogP contribution in [-0.2, 0) is 20.9 Å². The molecule has 0 fully saturated rings. The van der Waals surface area contributed by atoms with E-state index in [9.17, 15) is 5.11 Å². The van der Waals surface area contributed by atoms with Crippen molar-refractivity contribution in [3.05, 3.63) is 54.5 Å². The maximum absolute atomic E-state index is 9.93. The van der Waals surface area contributed by atoms with Crippen LogP contribution < -0.4 is 4.74 Å². The minimum absolute atomic E-state index is 0.282. The van der Waals surface area contributed by atoms with Crippen LogP contribution in [0.15, 0.2) is 53.1 Å². The van der Waals surface area contributed by atoms with Crippen LogP contribution in [0.4, 0.5) is 0 Å². The van der Waals surface area contributed by atoms with E-state index in [1.54, 1.807) is 6.26 Å². The summed E-state index contributed by atoms with van der Waals surface area (Å²) in [6.07, 6.45) is 1.08. The summed E-state index contributed by atoms with van der Waals surface area (Å²) < 4.78 is 16.2. The lowest BCUT2D eigenvalue weighted by Crippen LogP contribution is -2.34. The van der Waals surface area contributed by atoms with Gasteiger partial charge in [-0.05, 0) is 31.3 Å². The largest absolute Gasteiger partial charge is 0.492 e. The molecule has 28 heavy (non-hydrogen) atoms. The van der Waals surface area contributed by atoms with Gasteiger partial charge in [-0.3, -0.25) is 0 Å². The summed E-state index contributed by atoms with van der Waals surface area (Å²) in [6.45, 7) is 2.52. The molecule has 1 unspecified atom stereocenters. The van der Waals surface area contributed by atoms with Crippen LogP contribution >= 0.6 is 0 Å². The summed E-state index contributed by atoms with van der Waals surface area (Å²) in [6, 6.07) is 13.4. The number of benzene rings is 1. The summed E-state index contributed by atoms with van der Waals surface area (Å²) in [4.78, 5) is 20.2. The smallest absolute Gasteiger partial charge is 0.414 e. The number of carbonyl (C=O) groups is 2. The van der Waals surface area contributed by atoms with Crippen molar-refractivity contribution in [3.8, 4) is 5.75 Å². The molecule has 1 heterocycles. The molecule has 1 atom stereocenters. The van der Waals surface area contributed by atoms with Crippen molar-refractivity contribution in [2.45, 2.75) is 12.7 Å². The Bertz CT molecular complexity index is 663. The number of furan rings is 1. The Morgan fingerprint density at radius 1 is 1.11 bits per heavy atom. The number of aliphatic hydroxyl groups excluding tert-OH is 1. The van der Waals surface area contributed by atoms with E-state index in [1.165, 1.54) is 0 Å². The van der Waals surface area contributed by atoms with Gasteiger partial charge in [0.25, 0.3) is 0 Å². The molecule has 1 aromatic heterocycles. The Balaban J connectivity index is 0.000000568. The quantitative estimate of drug-likeness (QED) is 0.510. The average molecular weight is 395 g/mol. The third kappa shape index (κ3) is 11.0. The summed E-state index contributed by atoms with van der Waals surface area (Å²) in [5.41, 5.74) is 0. The number of hydrogen-bond donors (Lipinski definition) is 3. The number of carboxylic acid groups (broad SMARTS) is 2. The molecule has 9 nitrogen and oxygen atoms in total. The van der Waals surface area contributed by atoms with E-state index in [0.717, 1.165) is 18.1 Å². The number of rotatable bonds is 10. The molecule has 0 aliphatic heterocycles. The monoisotopic (exact) mass is 395 g/mol. The van der Waals surface area contributed by atoms with E-state index in [-0.39, 0.29) is 6.61 Å². The van der Waals surface area contributed by atoms with Gasteiger partial charge in [0.2, 0.25) is 0 Å². The van der Waals surface area contributed by atoms with Crippen LogP contribution in [0.2, 0.25) is 0 Å². The van der Waals surface area contributed by atoms with Crippen LogP contribution in [0.25, 0.3) is 0 Å². The van der Waals surface area contributed by atoms with Gasteiger partial charge in [0.05, 0.1) is 19.0 Å². The SMILES string of the molecule is CN(CCOc1ccccc1)CC(O)COCc1ccco1.O=C(O)C(=O)O. The van der Waals surface area contributed by atoms with Crippen molar-refractivity contribution in [1.82, 2.24) is 4.90 Å². The average Bonchev–Trinajstić information content (AvgIpc) is 3.16. The highest BCUT2D eigenvalue weighted by Gasteiger charge is 2.09. The molecule has 0 aliphatic carbocycles. The Labute approximate surface area is 162 Å². The maximum Gasteiger partial charge on any atom is 0.414 e. The molecule has 0 saturated heterocycles. The zero-order valence-corrected chi connectivity index (χ0v) is 15.6. The van der Waals surface area contributed by atoms with E-state index in [4.69, 9.17) is 33.7 Å². The lowest BCUT2D eigenvalue weighted by atomic mass is 10.3. The highest BCUT2D eigenvalue weighted by atomic mass is 16.5. The lowest BCUT2D eigenvalue weighted by Gasteiger charge is -2.20. The van der Waals surface area contributed by atoms with Gasteiger partial charge in [0.15, 0.2) is 0 Å². The van der Waals surface area contributed by atoms with Gasteiger partial charge >= 0.3 is 11.9 Å². The molecular formula is C19H25NO8. The number of aliphatic carboxylic acids is 2. The number of likely N-dealkylation sites (N-methyl/N-ethyl adjacent to an activating group) is 1. The molecule has 3 N–H and O–H groups in total. The fourth-order valence-corrected chi connectivity index (χ4v) is 2.03. The number of aliphatic hydroxyl groups is 1. The lowest BCUT2D eigenvalue weighted by molar-refractivity contribution is -0.159. The fourth-order valence-electron chi connectivity index (χ4n) is 2.03. The van der Waals surface area contributed by atoms with Crippen molar-refractivity contribution in [2.75, 3.05) is 33.4 Å². The van der Waals surface area contributed by atoms with Gasteiger partial charge in [0, 0.05) is 13.1 Å². The maximum atomic E-state index is 9.93. The molecule has 1 aromatic carbocycles. The molecule has 154 valence electrons. The van der Waals surface area contributed by atoms with Gasteiger partial charge in [-0.15, -0.1) is 0 Å². The first-order chi connectivity index (χ1) is 13.4. The minimum Gasteiger partial charge on any atom is -0.492 e. The highest BCUT2D eigenvalue weighted by Crippen LogP contribution is 2.08. The van der Waals surface area contributed by atoms with E-state index in [1.807, 2.05) is 54.4 Å². The summed E-state index contributed by atoms with van der Waals surface area (Å²) in [7, 11) is 1.95. The number of carboxylic acids is 2. The Morgan fingerprint density at radius 2 is 1.79 bits per heavy atom. The van der Waals surface area contributed by atoms with Crippen LogP contribution in [0.3, 0.4) is 0 Å². The van der Waals surface area contributed by atoms with E-state index in [2.05, 4.69) is 0 Å². The number of hydrogen-bond acceptors (Lipinski definition) is 7. The fraction of sp³-hybridized carbons (Fsp3) is 0.368. The molecule has 9 heteroatoms. The first kappa shape index (κ1) is 23.2. The molecule has 2 aromatic rings. The van der Waals surface area contributed by atoms with E-state index in [0.29, 0.717) is 19.8 Å². The zero-order valence-electron chi connectivity index (χ0n) is 15.6. The molecule has 0 aliphatic rings. The third-order valence-corrected chi connectivity index (χ3v) is 3.32. The first-order valence-electron chi connectivity index (χ1n) is 8.49. The first-order valence-corrected chi connectivity index (χ1v) is 8.49. The van der Waals surface area contributed by atoms with Crippen LogP contribution in [-0.4, -0.2) is 71.6 Å². The van der Waals surface area contributed by atoms with Gasteiger partial charge in [-0.2, -0.15) is 0 Å². The van der Waals surface area contributed by atoms with E-state index >= 15 is 0 Å². The van der Waals surface area contributed by atoms with Crippen molar-refractivity contribution in [3.63, 3.8) is 0 Å². The minimum atomic E-state index is -1.82. The van der Waals surface area contributed by atoms with Crippen molar-refractivity contribution >= 4 is 11.9 Å².